The number of nitrogens with one attached hydrogen (secondary N) is 1. The number of halogens is 4. The Kier molecular flexibility index (Phi) is 6.57. The molecule has 1 atom stereocenters. The van der Waals surface area contributed by atoms with Crippen LogP contribution in [0.2, 0.25) is 0 Å². The van der Waals surface area contributed by atoms with E-state index in [-0.39, 0.29) is 28.6 Å². The number of aliphatic imine (C=N–C) groups is 1. The lowest BCUT2D eigenvalue weighted by Gasteiger charge is -2.35. The minimum Gasteiger partial charge on any atom is -0.353 e. The van der Waals surface area contributed by atoms with Gasteiger partial charge in [-0.1, -0.05) is 11.6 Å². The first-order valence-corrected chi connectivity index (χ1v) is 8.74. The lowest BCUT2D eigenvalue weighted by molar-refractivity contribution is -0.261. The van der Waals surface area contributed by atoms with Crippen LogP contribution in [0.25, 0.3) is 0 Å². The summed E-state index contributed by atoms with van der Waals surface area (Å²) in [6.07, 6.45) is -2.80. The van der Waals surface area contributed by atoms with Gasteiger partial charge in [0.15, 0.2) is 6.23 Å². The Labute approximate surface area is 156 Å². The summed E-state index contributed by atoms with van der Waals surface area (Å²) < 4.78 is 44.6. The molecule has 1 unspecified atom stereocenters. The van der Waals surface area contributed by atoms with Crippen LogP contribution in [0, 0.1) is 5.41 Å². The maximum absolute atomic E-state index is 13.1. The smallest absolute Gasteiger partial charge is 0.353 e. The molecule has 0 aromatic rings. The molecule has 2 rings (SSSR count). The summed E-state index contributed by atoms with van der Waals surface area (Å²) in [6, 6.07) is 0.0719. The van der Waals surface area contributed by atoms with Gasteiger partial charge in [-0.25, -0.2) is 4.99 Å². The molecule has 2 aliphatic rings. The van der Waals surface area contributed by atoms with Gasteiger partial charge >= 0.3 is 6.30 Å². The average Bonchev–Trinajstić information content (AvgIpc) is 2.55. The minimum absolute atomic E-state index is 0.0211. The molecule has 2 heterocycles. The molecule has 1 fully saturated rings. The average molecular weight is 397 g/mol. The van der Waals surface area contributed by atoms with Crippen molar-refractivity contribution in [3.05, 3.63) is 11.4 Å². The zero-order valence-electron chi connectivity index (χ0n) is 15.0. The second kappa shape index (κ2) is 8.14. The number of piperidine rings is 1. The highest BCUT2D eigenvalue weighted by Crippen LogP contribution is 2.29. The van der Waals surface area contributed by atoms with E-state index in [0.29, 0.717) is 6.20 Å². The van der Waals surface area contributed by atoms with Gasteiger partial charge in [-0.05, 0) is 46.8 Å². The molecule has 0 saturated carbocycles. The molecule has 2 aliphatic heterocycles. The Morgan fingerprint density at radius 3 is 2.58 bits per heavy atom. The normalized spacial score (nSPS) is 23.1. The Balaban J connectivity index is 1.91. The van der Waals surface area contributed by atoms with Crippen LogP contribution in [0.3, 0.4) is 0 Å². The first-order chi connectivity index (χ1) is 12.0. The molecule has 1 saturated heterocycles. The number of rotatable bonds is 5. The number of amides is 1. The predicted octanol–water partition coefficient (Wildman–Crippen LogP) is 2.51. The van der Waals surface area contributed by atoms with Crippen LogP contribution < -0.4 is 5.32 Å². The monoisotopic (exact) mass is 396 g/mol. The summed E-state index contributed by atoms with van der Waals surface area (Å²) in [5, 5.41) is 2.68. The molecule has 26 heavy (non-hydrogen) atoms. The highest BCUT2D eigenvalue weighted by Gasteiger charge is 2.42. The van der Waals surface area contributed by atoms with Crippen LogP contribution in [-0.2, 0) is 9.53 Å². The summed E-state index contributed by atoms with van der Waals surface area (Å²) in [6.45, 7) is 4.87. The van der Waals surface area contributed by atoms with E-state index < -0.39 is 17.9 Å². The number of alkyl halides is 3. The van der Waals surface area contributed by atoms with Gasteiger partial charge in [-0.2, -0.15) is 0 Å². The first kappa shape index (κ1) is 21.0. The van der Waals surface area contributed by atoms with Gasteiger partial charge in [-0.3, -0.25) is 9.69 Å². The molecule has 0 aromatic heterocycles. The molecule has 0 radical (unpaired) electrons. The van der Waals surface area contributed by atoms with E-state index in [1.165, 1.54) is 0 Å². The maximum Gasteiger partial charge on any atom is 0.486 e. The van der Waals surface area contributed by atoms with Gasteiger partial charge in [0.25, 0.3) is 0 Å². The largest absolute Gasteiger partial charge is 0.486 e. The molecule has 0 aromatic carbocycles. The number of hydrogen-bond acceptors (Lipinski definition) is 5. The number of likely N-dealkylation sites (tertiary alicyclic amines) is 1. The van der Waals surface area contributed by atoms with Crippen LogP contribution in [0.5, 0.6) is 0 Å². The van der Waals surface area contributed by atoms with Gasteiger partial charge in [0.2, 0.25) is 5.91 Å². The summed E-state index contributed by atoms with van der Waals surface area (Å²) in [5.41, 5.74) is -0.987. The number of hydrogen-bond donors (Lipinski definition) is 1. The number of carbonyl (C=O) groups is 1. The van der Waals surface area contributed by atoms with E-state index in [4.69, 9.17) is 16.3 Å². The van der Waals surface area contributed by atoms with Crippen molar-refractivity contribution in [1.82, 2.24) is 15.1 Å². The fourth-order valence-electron chi connectivity index (χ4n) is 2.66. The lowest BCUT2D eigenvalue weighted by atomic mass is 9.92. The van der Waals surface area contributed by atoms with Gasteiger partial charge < -0.3 is 15.0 Å². The number of ether oxygens (including phenoxy) is 1. The topological polar surface area (TPSA) is 57.2 Å². The summed E-state index contributed by atoms with van der Waals surface area (Å²) >= 11 is 5.54. The molecule has 148 valence electrons. The zero-order valence-corrected chi connectivity index (χ0v) is 15.8. The Hall–Kier alpha value is -1.32. The summed E-state index contributed by atoms with van der Waals surface area (Å²) in [5.74, 6) is -0.244. The minimum atomic E-state index is -4.67. The highest BCUT2D eigenvalue weighted by atomic mass is 35.5. The van der Waals surface area contributed by atoms with Crippen LogP contribution in [0.4, 0.5) is 13.2 Å². The SMILES string of the molecule is CN1CCC(NC(=O)C(C)(C)COC2C=NC(Cl)=CN2C(F)(F)F)CC1. The fourth-order valence-corrected chi connectivity index (χ4v) is 2.82. The molecule has 0 spiro atoms. The van der Waals surface area contributed by atoms with E-state index >= 15 is 0 Å². The van der Waals surface area contributed by atoms with Crippen molar-refractivity contribution in [3.63, 3.8) is 0 Å². The standard InChI is InChI=1S/C16H24ClF3N4O2/c1-15(2,14(25)22-11-4-6-23(3)7-5-11)10-26-13-8-21-12(17)9-24(13)16(18,19)20/h8-9,11,13H,4-7,10H2,1-3H3,(H,22,25). The second-order valence-electron chi connectivity index (χ2n) is 7.24. The van der Waals surface area contributed by atoms with Crippen molar-refractivity contribution in [1.29, 1.82) is 0 Å². The van der Waals surface area contributed by atoms with Gasteiger partial charge in [0.1, 0.15) is 5.16 Å². The van der Waals surface area contributed by atoms with E-state index in [1.807, 2.05) is 7.05 Å². The van der Waals surface area contributed by atoms with E-state index in [1.54, 1.807) is 13.8 Å². The summed E-state index contributed by atoms with van der Waals surface area (Å²) in [7, 11) is 2.02. The van der Waals surface area contributed by atoms with Crippen molar-refractivity contribution in [3.8, 4) is 0 Å². The Morgan fingerprint density at radius 1 is 1.38 bits per heavy atom. The Bertz CT molecular complexity index is 572. The van der Waals surface area contributed by atoms with Crippen molar-refractivity contribution in [2.45, 2.75) is 45.3 Å². The van der Waals surface area contributed by atoms with Gasteiger partial charge in [0.05, 0.1) is 18.2 Å². The third-order valence-electron chi connectivity index (χ3n) is 4.42. The van der Waals surface area contributed by atoms with Crippen LogP contribution >= 0.6 is 11.6 Å². The van der Waals surface area contributed by atoms with Crippen molar-refractivity contribution < 1.29 is 22.7 Å². The van der Waals surface area contributed by atoms with Crippen molar-refractivity contribution >= 4 is 23.7 Å². The molecule has 0 bridgehead atoms. The number of carbonyl (C=O) groups excluding carboxylic acids is 1. The molecule has 1 N–H and O–H groups in total. The third kappa shape index (κ3) is 5.59. The molecular weight excluding hydrogens is 373 g/mol. The van der Waals surface area contributed by atoms with Crippen LogP contribution in [0.15, 0.2) is 16.3 Å². The molecular formula is C16H24ClF3N4O2. The highest BCUT2D eigenvalue weighted by molar-refractivity contribution is 6.29. The Morgan fingerprint density at radius 2 is 2.00 bits per heavy atom. The zero-order chi connectivity index (χ0) is 19.5. The lowest BCUT2D eigenvalue weighted by Crippen LogP contribution is -2.50. The molecule has 0 aliphatic carbocycles. The maximum atomic E-state index is 13.1. The van der Waals surface area contributed by atoms with Gasteiger partial charge in [0, 0.05) is 12.2 Å². The predicted molar refractivity (Wildman–Crippen MR) is 92.5 cm³/mol. The van der Waals surface area contributed by atoms with E-state index in [9.17, 15) is 18.0 Å². The summed E-state index contributed by atoms with van der Waals surface area (Å²) in [4.78, 5) is 18.4. The first-order valence-electron chi connectivity index (χ1n) is 8.37. The van der Waals surface area contributed by atoms with E-state index in [0.717, 1.165) is 32.1 Å². The second-order valence-corrected chi connectivity index (χ2v) is 7.63. The molecule has 10 heteroatoms. The fraction of sp³-hybridized carbons (Fsp3) is 0.750. The van der Waals surface area contributed by atoms with E-state index in [2.05, 4.69) is 15.2 Å². The molecule has 1 amide bonds. The number of nitrogens with zero attached hydrogens (tertiary/aromatic N) is 3. The third-order valence-corrected chi connectivity index (χ3v) is 4.62. The molecule has 6 nitrogen and oxygen atoms in total. The van der Waals surface area contributed by atoms with Crippen molar-refractivity contribution in [2.24, 2.45) is 10.4 Å². The van der Waals surface area contributed by atoms with Crippen molar-refractivity contribution in [2.75, 3.05) is 26.7 Å². The van der Waals surface area contributed by atoms with Crippen LogP contribution in [0.1, 0.15) is 26.7 Å². The van der Waals surface area contributed by atoms with Gasteiger partial charge in [-0.15, -0.1) is 13.2 Å². The van der Waals surface area contributed by atoms with Crippen LogP contribution in [-0.4, -0.2) is 67.2 Å². The quantitative estimate of drug-likeness (QED) is 0.725.